The summed E-state index contributed by atoms with van der Waals surface area (Å²) >= 11 is 1.33. The van der Waals surface area contributed by atoms with E-state index in [-0.39, 0.29) is 11.8 Å². The van der Waals surface area contributed by atoms with Crippen LogP contribution in [-0.2, 0) is 16.0 Å². The number of benzene rings is 1. The van der Waals surface area contributed by atoms with Gasteiger partial charge in [0.25, 0.3) is 11.8 Å². The van der Waals surface area contributed by atoms with Crippen LogP contribution in [0.3, 0.4) is 0 Å². The van der Waals surface area contributed by atoms with Crippen molar-refractivity contribution in [1.82, 2.24) is 4.98 Å². The Kier molecular flexibility index (Phi) is 4.54. The molecular weight excluding hydrogens is 370 g/mol. The van der Waals surface area contributed by atoms with Crippen LogP contribution in [0, 0.1) is 19.8 Å². The van der Waals surface area contributed by atoms with E-state index in [1.807, 2.05) is 44.2 Å². The quantitative estimate of drug-likeness (QED) is 0.806. The van der Waals surface area contributed by atoms with Crippen LogP contribution >= 0.6 is 11.8 Å². The first kappa shape index (κ1) is 18.7. The molecule has 28 heavy (non-hydrogen) atoms. The second kappa shape index (κ2) is 6.78. The van der Waals surface area contributed by atoms with E-state index in [9.17, 15) is 9.59 Å². The molecule has 0 saturated carbocycles. The highest BCUT2D eigenvalue weighted by Gasteiger charge is 2.49. The normalized spacial score (nSPS) is 18.8. The van der Waals surface area contributed by atoms with Gasteiger partial charge in [-0.15, -0.1) is 0 Å². The number of pyridine rings is 1. The van der Waals surface area contributed by atoms with E-state index in [1.54, 1.807) is 0 Å². The number of rotatable bonds is 3. The summed E-state index contributed by atoms with van der Waals surface area (Å²) < 4.78 is 0. The highest BCUT2D eigenvalue weighted by molar-refractivity contribution is 8.01. The molecule has 0 unspecified atom stereocenters. The van der Waals surface area contributed by atoms with Crippen molar-refractivity contribution in [2.75, 3.05) is 4.90 Å². The maximum Gasteiger partial charge on any atom is 0.264 e. The number of hydrogen-bond acceptors (Lipinski definition) is 5. The summed E-state index contributed by atoms with van der Waals surface area (Å²) in [5.74, 6) is -0.0947. The first-order valence-corrected chi connectivity index (χ1v) is 10.3. The Hall–Kier alpha value is -2.60. The van der Waals surface area contributed by atoms with Gasteiger partial charge in [-0.2, -0.15) is 0 Å². The Labute approximate surface area is 169 Å². The molecule has 1 aromatic carbocycles. The Morgan fingerprint density at radius 1 is 1.18 bits per heavy atom. The van der Waals surface area contributed by atoms with E-state index in [2.05, 4.69) is 13.8 Å². The SMILES string of the molecule is Cc1ccc(N2C(=O)C3=C(N)c4ccc(CC(C)C)nc4S[C@@H]3C2=O)c(C)c1. The van der Waals surface area contributed by atoms with Crippen LogP contribution in [0.5, 0.6) is 0 Å². The van der Waals surface area contributed by atoms with Gasteiger partial charge >= 0.3 is 0 Å². The number of imide groups is 1. The number of nitrogens with zero attached hydrogens (tertiary/aromatic N) is 2. The number of carbonyl (C=O) groups is 2. The van der Waals surface area contributed by atoms with Crippen LogP contribution < -0.4 is 10.6 Å². The van der Waals surface area contributed by atoms with Crippen LogP contribution in [0.4, 0.5) is 5.69 Å². The molecule has 4 rings (SSSR count). The van der Waals surface area contributed by atoms with E-state index in [1.165, 1.54) is 16.7 Å². The van der Waals surface area contributed by atoms with Gasteiger partial charge < -0.3 is 5.73 Å². The number of aromatic nitrogens is 1. The van der Waals surface area contributed by atoms with Gasteiger partial charge in [-0.05, 0) is 49.9 Å². The Morgan fingerprint density at radius 3 is 2.61 bits per heavy atom. The molecule has 0 radical (unpaired) electrons. The van der Waals surface area contributed by atoms with Gasteiger partial charge in [0.1, 0.15) is 10.3 Å². The van der Waals surface area contributed by atoms with E-state index >= 15 is 0 Å². The van der Waals surface area contributed by atoms with Crippen molar-refractivity contribution < 1.29 is 9.59 Å². The largest absolute Gasteiger partial charge is 0.398 e. The highest BCUT2D eigenvalue weighted by Crippen LogP contribution is 2.45. The predicted octanol–water partition coefficient (Wildman–Crippen LogP) is 3.61. The number of fused-ring (bicyclic) bond motifs is 2. The molecule has 1 saturated heterocycles. The van der Waals surface area contributed by atoms with Crippen molar-refractivity contribution in [3.05, 3.63) is 58.3 Å². The number of nitrogens with two attached hydrogens (primary N) is 1. The van der Waals surface area contributed by atoms with E-state index in [0.717, 1.165) is 33.8 Å². The lowest BCUT2D eigenvalue weighted by Gasteiger charge is -2.20. The van der Waals surface area contributed by atoms with Crippen molar-refractivity contribution >= 4 is 35.0 Å². The first-order chi connectivity index (χ1) is 13.3. The van der Waals surface area contributed by atoms with Gasteiger partial charge in [0.05, 0.1) is 17.0 Å². The van der Waals surface area contributed by atoms with Crippen LogP contribution in [0.2, 0.25) is 0 Å². The molecule has 6 heteroatoms. The third-order valence-electron chi connectivity index (χ3n) is 5.08. The van der Waals surface area contributed by atoms with Crippen molar-refractivity contribution in [3.63, 3.8) is 0 Å². The topological polar surface area (TPSA) is 76.3 Å². The molecule has 2 aliphatic heterocycles. The molecule has 1 aromatic heterocycles. The lowest BCUT2D eigenvalue weighted by atomic mass is 10.0. The van der Waals surface area contributed by atoms with Gasteiger partial charge in [0.15, 0.2) is 0 Å². The number of hydrogen-bond donors (Lipinski definition) is 1. The minimum atomic E-state index is -0.637. The smallest absolute Gasteiger partial charge is 0.264 e. The molecule has 2 amide bonds. The van der Waals surface area contributed by atoms with Crippen LogP contribution in [0.25, 0.3) is 5.70 Å². The van der Waals surface area contributed by atoms with E-state index < -0.39 is 5.25 Å². The second-order valence-corrected chi connectivity index (χ2v) is 8.94. The average molecular weight is 394 g/mol. The summed E-state index contributed by atoms with van der Waals surface area (Å²) in [5.41, 5.74) is 11.4. The molecule has 5 nitrogen and oxygen atoms in total. The Morgan fingerprint density at radius 2 is 1.93 bits per heavy atom. The minimum absolute atomic E-state index is 0.249. The van der Waals surface area contributed by atoms with Crippen molar-refractivity contribution in [2.45, 2.75) is 44.4 Å². The summed E-state index contributed by atoms with van der Waals surface area (Å²) in [6.07, 6.45) is 0.858. The zero-order valence-electron chi connectivity index (χ0n) is 16.4. The summed E-state index contributed by atoms with van der Waals surface area (Å²) in [6, 6.07) is 9.58. The van der Waals surface area contributed by atoms with Crippen LogP contribution in [0.15, 0.2) is 40.9 Å². The highest BCUT2D eigenvalue weighted by atomic mass is 32.2. The molecule has 144 valence electrons. The average Bonchev–Trinajstić information content (AvgIpc) is 2.86. The number of aryl methyl sites for hydroxylation is 2. The fourth-order valence-corrected chi connectivity index (χ4v) is 5.04. The molecule has 0 bridgehead atoms. The molecule has 2 aromatic rings. The zero-order chi connectivity index (χ0) is 20.2. The van der Waals surface area contributed by atoms with Gasteiger partial charge in [-0.3, -0.25) is 9.59 Å². The molecule has 2 aliphatic rings. The zero-order valence-corrected chi connectivity index (χ0v) is 17.3. The van der Waals surface area contributed by atoms with Crippen molar-refractivity contribution in [2.24, 2.45) is 11.7 Å². The third kappa shape index (κ3) is 2.92. The standard InChI is InChI=1S/C22H23N3O2S/c1-11(2)9-14-6-7-15-18(23)17-19(28-20(15)24-14)22(27)25(21(17)26)16-8-5-12(3)10-13(16)4/h5-8,10-11,19H,9,23H2,1-4H3/t19-/m0/s1. The van der Waals surface area contributed by atoms with Crippen LogP contribution in [-0.4, -0.2) is 22.0 Å². The second-order valence-electron chi connectivity index (χ2n) is 7.85. The molecule has 0 aliphatic carbocycles. The summed E-state index contributed by atoms with van der Waals surface area (Å²) in [6.45, 7) is 8.17. The summed E-state index contributed by atoms with van der Waals surface area (Å²) in [4.78, 5) is 32.3. The molecule has 2 N–H and O–H groups in total. The van der Waals surface area contributed by atoms with Gasteiger partial charge in [0.2, 0.25) is 0 Å². The van der Waals surface area contributed by atoms with Crippen LogP contribution in [0.1, 0.15) is 36.2 Å². The predicted molar refractivity (Wildman–Crippen MR) is 112 cm³/mol. The monoisotopic (exact) mass is 393 g/mol. The first-order valence-electron chi connectivity index (χ1n) is 9.40. The fourth-order valence-electron chi connectivity index (χ4n) is 3.79. The Balaban J connectivity index is 1.77. The number of thioether (sulfide) groups is 1. The maximum atomic E-state index is 13.2. The van der Waals surface area contributed by atoms with Crippen molar-refractivity contribution in [1.29, 1.82) is 0 Å². The van der Waals surface area contributed by atoms with Gasteiger partial charge in [-0.25, -0.2) is 9.88 Å². The molecule has 1 fully saturated rings. The summed E-state index contributed by atoms with van der Waals surface area (Å²) in [5, 5.41) is 0.0931. The number of carbonyl (C=O) groups excluding carboxylic acids is 2. The molecule has 3 heterocycles. The van der Waals surface area contributed by atoms with Gasteiger partial charge in [0, 0.05) is 11.3 Å². The number of anilines is 1. The lowest BCUT2D eigenvalue weighted by molar-refractivity contribution is -0.120. The van der Waals surface area contributed by atoms with E-state index in [4.69, 9.17) is 10.7 Å². The molecule has 0 spiro atoms. The Bertz CT molecular complexity index is 1040. The molecular formula is C22H23N3O2S. The minimum Gasteiger partial charge on any atom is -0.398 e. The lowest BCUT2D eigenvalue weighted by Crippen LogP contribution is -2.31. The third-order valence-corrected chi connectivity index (χ3v) is 6.29. The van der Waals surface area contributed by atoms with Crippen molar-refractivity contribution in [3.8, 4) is 0 Å². The number of amides is 2. The molecule has 1 atom stereocenters. The fraction of sp³-hybridized carbons (Fsp3) is 0.318. The van der Waals surface area contributed by atoms with E-state index in [0.29, 0.717) is 22.9 Å². The maximum absolute atomic E-state index is 13.2. The van der Waals surface area contributed by atoms with Gasteiger partial charge in [-0.1, -0.05) is 43.3 Å². The summed E-state index contributed by atoms with van der Waals surface area (Å²) in [7, 11) is 0.